The van der Waals surface area contributed by atoms with Crippen molar-refractivity contribution in [2.75, 3.05) is 13.1 Å². The lowest BCUT2D eigenvalue weighted by Gasteiger charge is -2.45. The summed E-state index contributed by atoms with van der Waals surface area (Å²) in [5, 5.41) is 3.73. The first-order valence-corrected chi connectivity index (χ1v) is 7.87. The summed E-state index contributed by atoms with van der Waals surface area (Å²) in [6.45, 7) is 4.98. The van der Waals surface area contributed by atoms with E-state index in [2.05, 4.69) is 17.1 Å². The lowest BCUT2D eigenvalue weighted by molar-refractivity contribution is 0.0535. The van der Waals surface area contributed by atoms with Gasteiger partial charge in [0, 0.05) is 18.1 Å². The van der Waals surface area contributed by atoms with Crippen LogP contribution >= 0.6 is 0 Å². The highest BCUT2D eigenvalue weighted by Crippen LogP contribution is 2.39. The summed E-state index contributed by atoms with van der Waals surface area (Å²) in [6, 6.07) is 2.79. The lowest BCUT2D eigenvalue weighted by atomic mass is 9.78. The van der Waals surface area contributed by atoms with Gasteiger partial charge in [-0.3, -0.25) is 4.90 Å². The molecule has 2 unspecified atom stereocenters. The zero-order valence-corrected chi connectivity index (χ0v) is 11.3. The van der Waals surface area contributed by atoms with Gasteiger partial charge in [0.1, 0.15) is 0 Å². The van der Waals surface area contributed by atoms with E-state index < -0.39 is 0 Å². The Labute approximate surface area is 106 Å². The van der Waals surface area contributed by atoms with Crippen LogP contribution in [0.15, 0.2) is 0 Å². The van der Waals surface area contributed by atoms with E-state index in [4.69, 9.17) is 0 Å². The molecular weight excluding hydrogens is 208 g/mol. The molecule has 0 spiro atoms. The maximum atomic E-state index is 3.73. The van der Waals surface area contributed by atoms with Gasteiger partial charge in [-0.05, 0) is 64.0 Å². The summed E-state index contributed by atoms with van der Waals surface area (Å²) in [7, 11) is 0. The van der Waals surface area contributed by atoms with E-state index in [-0.39, 0.29) is 0 Å². The minimum Gasteiger partial charge on any atom is -0.314 e. The van der Waals surface area contributed by atoms with Crippen molar-refractivity contribution in [1.82, 2.24) is 10.2 Å². The van der Waals surface area contributed by atoms with Crippen molar-refractivity contribution in [3.8, 4) is 0 Å². The molecule has 17 heavy (non-hydrogen) atoms. The van der Waals surface area contributed by atoms with Crippen molar-refractivity contribution in [3.05, 3.63) is 0 Å². The first-order valence-electron chi connectivity index (χ1n) is 7.87. The summed E-state index contributed by atoms with van der Waals surface area (Å²) in [4.78, 5) is 2.87. The molecule has 0 aromatic rings. The fourth-order valence-corrected chi connectivity index (χ4v) is 3.20. The van der Waals surface area contributed by atoms with E-state index in [1.807, 2.05) is 0 Å². The topological polar surface area (TPSA) is 15.3 Å². The average Bonchev–Trinajstić information content (AvgIpc) is 3.14. The SMILES string of the molecule is CCCCN(C1CC1)C1CCC1CNC1CC1. The Hall–Kier alpha value is -0.0800. The normalized spacial score (nSPS) is 32.8. The Bertz CT molecular complexity index is 245. The Morgan fingerprint density at radius 2 is 1.88 bits per heavy atom. The zero-order chi connectivity index (χ0) is 11.7. The zero-order valence-electron chi connectivity index (χ0n) is 11.3. The van der Waals surface area contributed by atoms with E-state index in [0.717, 1.165) is 24.0 Å². The van der Waals surface area contributed by atoms with Crippen LogP contribution in [0, 0.1) is 5.92 Å². The van der Waals surface area contributed by atoms with Crippen LogP contribution in [0.4, 0.5) is 0 Å². The Morgan fingerprint density at radius 1 is 1.06 bits per heavy atom. The van der Waals surface area contributed by atoms with Crippen molar-refractivity contribution < 1.29 is 0 Å². The minimum atomic E-state index is 0.890. The maximum absolute atomic E-state index is 3.73. The highest BCUT2D eigenvalue weighted by atomic mass is 15.2. The van der Waals surface area contributed by atoms with Gasteiger partial charge < -0.3 is 5.32 Å². The van der Waals surface area contributed by atoms with E-state index in [1.165, 1.54) is 64.5 Å². The summed E-state index contributed by atoms with van der Waals surface area (Å²) >= 11 is 0. The van der Waals surface area contributed by atoms with Crippen LogP contribution in [-0.4, -0.2) is 36.1 Å². The molecule has 2 atom stereocenters. The van der Waals surface area contributed by atoms with Gasteiger partial charge in [0.15, 0.2) is 0 Å². The van der Waals surface area contributed by atoms with E-state index in [9.17, 15) is 0 Å². The standard InChI is InChI=1S/C15H28N2/c1-2-3-10-17(14-7-8-14)15-9-4-12(15)11-16-13-5-6-13/h12-16H,2-11H2,1H3. The molecule has 3 aliphatic carbocycles. The molecule has 0 amide bonds. The fraction of sp³-hybridized carbons (Fsp3) is 1.00. The van der Waals surface area contributed by atoms with E-state index in [0.29, 0.717) is 0 Å². The second-order valence-corrected chi connectivity index (χ2v) is 6.41. The second-order valence-electron chi connectivity index (χ2n) is 6.41. The minimum absolute atomic E-state index is 0.890. The number of nitrogens with one attached hydrogen (secondary N) is 1. The molecule has 0 aliphatic heterocycles. The van der Waals surface area contributed by atoms with Gasteiger partial charge in [-0.1, -0.05) is 13.3 Å². The van der Waals surface area contributed by atoms with Gasteiger partial charge in [0.05, 0.1) is 0 Å². The number of rotatable bonds is 8. The van der Waals surface area contributed by atoms with Gasteiger partial charge in [-0.15, -0.1) is 0 Å². The third-order valence-electron chi connectivity index (χ3n) is 4.84. The molecule has 2 heteroatoms. The second kappa shape index (κ2) is 5.27. The van der Waals surface area contributed by atoms with Crippen LogP contribution in [-0.2, 0) is 0 Å². The molecular formula is C15H28N2. The monoisotopic (exact) mass is 236 g/mol. The van der Waals surface area contributed by atoms with Crippen LogP contribution in [0.5, 0.6) is 0 Å². The van der Waals surface area contributed by atoms with Crippen molar-refractivity contribution in [1.29, 1.82) is 0 Å². The largest absolute Gasteiger partial charge is 0.314 e. The molecule has 0 bridgehead atoms. The van der Waals surface area contributed by atoms with Crippen LogP contribution in [0.25, 0.3) is 0 Å². The molecule has 3 saturated carbocycles. The Balaban J connectivity index is 1.46. The summed E-state index contributed by atoms with van der Waals surface area (Å²) in [6.07, 6.45) is 11.5. The van der Waals surface area contributed by atoms with Crippen LogP contribution in [0.1, 0.15) is 58.3 Å². The molecule has 3 fully saturated rings. The van der Waals surface area contributed by atoms with Gasteiger partial charge in [0.2, 0.25) is 0 Å². The van der Waals surface area contributed by atoms with Crippen LogP contribution < -0.4 is 5.32 Å². The first-order chi connectivity index (χ1) is 8.38. The smallest absolute Gasteiger partial charge is 0.0139 e. The molecule has 0 radical (unpaired) electrons. The highest BCUT2D eigenvalue weighted by molar-refractivity contribution is 4.97. The third kappa shape index (κ3) is 3.03. The highest BCUT2D eigenvalue weighted by Gasteiger charge is 2.41. The van der Waals surface area contributed by atoms with Gasteiger partial charge in [0.25, 0.3) is 0 Å². The number of unbranched alkanes of at least 4 members (excludes halogenated alkanes) is 1. The number of hydrogen-bond acceptors (Lipinski definition) is 2. The van der Waals surface area contributed by atoms with Crippen molar-refractivity contribution in [2.24, 2.45) is 5.92 Å². The summed E-state index contributed by atoms with van der Waals surface area (Å²) < 4.78 is 0. The lowest BCUT2D eigenvalue weighted by Crippen LogP contribution is -2.51. The first kappa shape index (κ1) is 12.0. The molecule has 98 valence electrons. The molecule has 0 saturated heterocycles. The van der Waals surface area contributed by atoms with Crippen LogP contribution in [0.3, 0.4) is 0 Å². The van der Waals surface area contributed by atoms with E-state index in [1.54, 1.807) is 0 Å². The molecule has 2 nitrogen and oxygen atoms in total. The number of hydrogen-bond donors (Lipinski definition) is 1. The average molecular weight is 236 g/mol. The van der Waals surface area contributed by atoms with Crippen molar-refractivity contribution >= 4 is 0 Å². The molecule has 1 N–H and O–H groups in total. The fourth-order valence-electron chi connectivity index (χ4n) is 3.20. The van der Waals surface area contributed by atoms with Crippen LogP contribution in [0.2, 0.25) is 0 Å². The van der Waals surface area contributed by atoms with Crippen molar-refractivity contribution in [2.45, 2.75) is 76.4 Å². The Kier molecular flexibility index (Phi) is 3.72. The summed E-state index contributed by atoms with van der Waals surface area (Å²) in [5.74, 6) is 0.966. The third-order valence-corrected chi connectivity index (χ3v) is 4.84. The van der Waals surface area contributed by atoms with E-state index >= 15 is 0 Å². The van der Waals surface area contributed by atoms with Gasteiger partial charge >= 0.3 is 0 Å². The quantitative estimate of drug-likeness (QED) is 0.697. The predicted molar refractivity (Wildman–Crippen MR) is 72.2 cm³/mol. The predicted octanol–water partition coefficient (Wildman–Crippen LogP) is 2.78. The number of nitrogens with zero attached hydrogens (tertiary/aromatic N) is 1. The Morgan fingerprint density at radius 3 is 2.41 bits per heavy atom. The summed E-state index contributed by atoms with van der Waals surface area (Å²) in [5.41, 5.74) is 0. The molecule has 0 heterocycles. The van der Waals surface area contributed by atoms with Gasteiger partial charge in [-0.25, -0.2) is 0 Å². The molecule has 0 aromatic heterocycles. The molecule has 0 aromatic carbocycles. The van der Waals surface area contributed by atoms with Gasteiger partial charge in [-0.2, -0.15) is 0 Å². The molecule has 3 rings (SSSR count). The molecule has 3 aliphatic rings. The van der Waals surface area contributed by atoms with Crippen molar-refractivity contribution in [3.63, 3.8) is 0 Å². The maximum Gasteiger partial charge on any atom is 0.0139 e.